The van der Waals surface area contributed by atoms with E-state index in [1.54, 1.807) is 30.5 Å². The number of aromatic nitrogens is 2. The average molecular weight is 214 g/mol. The molecule has 0 radical (unpaired) electrons. The minimum absolute atomic E-state index is 0.302. The highest BCUT2D eigenvalue weighted by Gasteiger charge is 2.11. The van der Waals surface area contributed by atoms with Crippen LogP contribution in [0.5, 0.6) is 0 Å². The van der Waals surface area contributed by atoms with E-state index in [9.17, 15) is 4.79 Å². The summed E-state index contributed by atoms with van der Waals surface area (Å²) in [5, 5.41) is 0. The molecule has 5 nitrogen and oxygen atoms in total. The van der Waals surface area contributed by atoms with Crippen molar-refractivity contribution in [3.05, 3.63) is 42.4 Å². The van der Waals surface area contributed by atoms with Gasteiger partial charge in [-0.1, -0.05) is 12.1 Å². The number of rotatable bonds is 2. The minimum Gasteiger partial charge on any atom is -0.398 e. The van der Waals surface area contributed by atoms with Crippen LogP contribution in [0.3, 0.4) is 0 Å². The van der Waals surface area contributed by atoms with Gasteiger partial charge in [-0.05, 0) is 12.1 Å². The summed E-state index contributed by atoms with van der Waals surface area (Å²) in [6.45, 7) is 0. The molecule has 0 atom stereocenters. The van der Waals surface area contributed by atoms with Gasteiger partial charge in [0.2, 0.25) is 0 Å². The molecule has 2 aromatic rings. The summed E-state index contributed by atoms with van der Waals surface area (Å²) < 4.78 is 0. The van der Waals surface area contributed by atoms with E-state index in [0.29, 0.717) is 22.5 Å². The van der Waals surface area contributed by atoms with Crippen LogP contribution in [-0.2, 0) is 0 Å². The van der Waals surface area contributed by atoms with Crippen LogP contribution in [0, 0.1) is 0 Å². The molecule has 0 bridgehead atoms. The molecular formula is C11H10N4O. The summed E-state index contributed by atoms with van der Waals surface area (Å²) in [4.78, 5) is 19.0. The first-order chi connectivity index (χ1) is 7.70. The Morgan fingerprint density at radius 1 is 1.25 bits per heavy atom. The second-order valence-corrected chi connectivity index (χ2v) is 3.23. The Labute approximate surface area is 92.1 Å². The Bertz CT molecular complexity index is 525. The molecule has 0 spiro atoms. The van der Waals surface area contributed by atoms with Gasteiger partial charge in [0, 0.05) is 11.8 Å². The number of nitrogens with zero attached hydrogens (tertiary/aromatic N) is 2. The van der Waals surface area contributed by atoms with Crippen molar-refractivity contribution in [3.63, 3.8) is 0 Å². The number of carbonyl (C=O) groups is 1. The van der Waals surface area contributed by atoms with E-state index in [0.717, 1.165) is 0 Å². The summed E-state index contributed by atoms with van der Waals surface area (Å²) in [6, 6.07) is 6.80. The minimum atomic E-state index is -0.548. The highest BCUT2D eigenvalue weighted by molar-refractivity contribution is 6.01. The van der Waals surface area contributed by atoms with E-state index in [-0.39, 0.29) is 0 Å². The summed E-state index contributed by atoms with van der Waals surface area (Å²) >= 11 is 0. The molecule has 4 N–H and O–H groups in total. The van der Waals surface area contributed by atoms with Gasteiger partial charge in [-0.15, -0.1) is 0 Å². The van der Waals surface area contributed by atoms with Crippen LogP contribution in [0.2, 0.25) is 0 Å². The fraction of sp³-hybridized carbons (Fsp3) is 0. The molecule has 0 aliphatic rings. The number of nitrogens with two attached hydrogens (primary N) is 2. The number of hydrogen-bond donors (Lipinski definition) is 2. The first-order valence-corrected chi connectivity index (χ1v) is 4.65. The SMILES string of the molecule is NC(=O)c1cccc(-c2ccncn2)c1N. The highest BCUT2D eigenvalue weighted by atomic mass is 16.1. The standard InChI is InChI=1S/C11H10N4O/c12-10-7(9-4-5-14-6-15-9)2-1-3-8(10)11(13)16/h1-6H,12H2,(H2,13,16). The molecule has 0 saturated carbocycles. The van der Waals surface area contributed by atoms with Crippen molar-refractivity contribution in [2.75, 3.05) is 5.73 Å². The lowest BCUT2D eigenvalue weighted by Crippen LogP contribution is -2.13. The van der Waals surface area contributed by atoms with Gasteiger partial charge in [-0.3, -0.25) is 4.79 Å². The summed E-state index contributed by atoms with van der Waals surface area (Å²) in [7, 11) is 0. The van der Waals surface area contributed by atoms with Crippen molar-refractivity contribution < 1.29 is 4.79 Å². The molecule has 2 rings (SSSR count). The summed E-state index contributed by atoms with van der Waals surface area (Å²) in [6.07, 6.45) is 3.03. The van der Waals surface area contributed by atoms with E-state index in [2.05, 4.69) is 9.97 Å². The third-order valence-electron chi connectivity index (χ3n) is 2.23. The molecule has 0 aliphatic heterocycles. The van der Waals surface area contributed by atoms with Gasteiger partial charge in [0.25, 0.3) is 5.91 Å². The molecule has 0 saturated heterocycles. The number of primary amides is 1. The lowest BCUT2D eigenvalue weighted by atomic mass is 10.0. The molecule has 1 amide bonds. The maximum atomic E-state index is 11.1. The van der Waals surface area contributed by atoms with Crippen LogP contribution in [0.1, 0.15) is 10.4 Å². The number of benzene rings is 1. The van der Waals surface area contributed by atoms with E-state index in [1.807, 2.05) is 0 Å². The van der Waals surface area contributed by atoms with Crippen molar-refractivity contribution in [3.8, 4) is 11.3 Å². The Balaban J connectivity index is 2.59. The maximum absolute atomic E-state index is 11.1. The van der Waals surface area contributed by atoms with Crippen molar-refractivity contribution >= 4 is 11.6 Å². The molecular weight excluding hydrogens is 204 g/mol. The van der Waals surface area contributed by atoms with Crippen LogP contribution in [0.25, 0.3) is 11.3 Å². The highest BCUT2D eigenvalue weighted by Crippen LogP contribution is 2.26. The van der Waals surface area contributed by atoms with Gasteiger partial charge >= 0.3 is 0 Å². The molecule has 1 aromatic heterocycles. The number of para-hydroxylation sites is 1. The average Bonchev–Trinajstić information content (AvgIpc) is 2.30. The van der Waals surface area contributed by atoms with Gasteiger partial charge in [-0.25, -0.2) is 9.97 Å². The molecule has 0 unspecified atom stereocenters. The first-order valence-electron chi connectivity index (χ1n) is 4.65. The molecule has 80 valence electrons. The molecule has 1 aromatic carbocycles. The number of nitrogen functional groups attached to an aromatic ring is 1. The van der Waals surface area contributed by atoms with Crippen molar-refractivity contribution in [1.29, 1.82) is 0 Å². The maximum Gasteiger partial charge on any atom is 0.250 e. The quantitative estimate of drug-likeness (QED) is 0.723. The predicted molar refractivity (Wildman–Crippen MR) is 60.4 cm³/mol. The molecule has 16 heavy (non-hydrogen) atoms. The number of amides is 1. The third-order valence-corrected chi connectivity index (χ3v) is 2.23. The number of hydrogen-bond acceptors (Lipinski definition) is 4. The second-order valence-electron chi connectivity index (χ2n) is 3.23. The van der Waals surface area contributed by atoms with Crippen molar-refractivity contribution in [1.82, 2.24) is 9.97 Å². The lowest BCUT2D eigenvalue weighted by Gasteiger charge is -2.07. The monoisotopic (exact) mass is 214 g/mol. The number of carbonyl (C=O) groups excluding carboxylic acids is 1. The van der Waals surface area contributed by atoms with Gasteiger partial charge in [0.1, 0.15) is 6.33 Å². The summed E-state index contributed by atoms with van der Waals surface area (Å²) in [5.41, 5.74) is 13.1. The molecule has 1 heterocycles. The second kappa shape index (κ2) is 3.98. The van der Waals surface area contributed by atoms with E-state index in [4.69, 9.17) is 11.5 Å². The van der Waals surface area contributed by atoms with Crippen LogP contribution < -0.4 is 11.5 Å². The normalized spacial score (nSPS) is 10.0. The Kier molecular flexibility index (Phi) is 2.51. The fourth-order valence-corrected chi connectivity index (χ4v) is 1.45. The Morgan fingerprint density at radius 3 is 2.69 bits per heavy atom. The predicted octanol–water partition coefficient (Wildman–Crippen LogP) is 0.825. The number of anilines is 1. The smallest absolute Gasteiger partial charge is 0.250 e. The van der Waals surface area contributed by atoms with Crippen LogP contribution >= 0.6 is 0 Å². The molecule has 0 aliphatic carbocycles. The summed E-state index contributed by atoms with van der Waals surface area (Å²) in [5.74, 6) is -0.548. The Morgan fingerprint density at radius 2 is 2.06 bits per heavy atom. The fourth-order valence-electron chi connectivity index (χ4n) is 1.45. The van der Waals surface area contributed by atoms with Gasteiger partial charge < -0.3 is 11.5 Å². The zero-order chi connectivity index (χ0) is 11.5. The lowest BCUT2D eigenvalue weighted by molar-refractivity contribution is 0.100. The third kappa shape index (κ3) is 1.70. The topological polar surface area (TPSA) is 94.9 Å². The van der Waals surface area contributed by atoms with E-state index >= 15 is 0 Å². The zero-order valence-corrected chi connectivity index (χ0v) is 8.42. The van der Waals surface area contributed by atoms with Gasteiger partial charge in [-0.2, -0.15) is 0 Å². The van der Waals surface area contributed by atoms with Crippen LogP contribution in [-0.4, -0.2) is 15.9 Å². The van der Waals surface area contributed by atoms with Crippen molar-refractivity contribution in [2.24, 2.45) is 5.73 Å². The van der Waals surface area contributed by atoms with E-state index in [1.165, 1.54) is 6.33 Å². The largest absolute Gasteiger partial charge is 0.398 e. The van der Waals surface area contributed by atoms with E-state index < -0.39 is 5.91 Å². The molecule has 0 fully saturated rings. The molecule has 5 heteroatoms. The van der Waals surface area contributed by atoms with Crippen molar-refractivity contribution in [2.45, 2.75) is 0 Å². The zero-order valence-electron chi connectivity index (χ0n) is 8.42. The first kappa shape index (κ1) is 10.1. The van der Waals surface area contributed by atoms with Gasteiger partial charge in [0.05, 0.1) is 16.9 Å². The Hall–Kier alpha value is -2.43. The van der Waals surface area contributed by atoms with Crippen LogP contribution in [0.4, 0.5) is 5.69 Å². The van der Waals surface area contributed by atoms with Gasteiger partial charge in [0.15, 0.2) is 0 Å². The van der Waals surface area contributed by atoms with Crippen LogP contribution in [0.15, 0.2) is 36.8 Å².